The second-order valence-electron chi connectivity index (χ2n) is 5.44. The Kier molecular flexibility index (Phi) is 3.94. The van der Waals surface area contributed by atoms with Crippen LogP contribution in [0.5, 0.6) is 0 Å². The first-order valence-electron chi connectivity index (χ1n) is 7.05. The average molecular weight is 316 g/mol. The highest BCUT2D eigenvalue weighted by atomic mass is 32.1. The quantitative estimate of drug-likeness (QED) is 0.944. The van der Waals surface area contributed by atoms with E-state index in [-0.39, 0.29) is 18.4 Å². The van der Waals surface area contributed by atoms with Crippen molar-refractivity contribution < 1.29 is 14.7 Å². The van der Waals surface area contributed by atoms with Crippen molar-refractivity contribution in [3.05, 3.63) is 52.0 Å². The molecular formula is C16H16N2O3S. The number of carboxylic acid groups (broad SMARTS) is 1. The maximum Gasteiger partial charge on any atom is 0.308 e. The number of aromatic nitrogens is 1. The van der Waals surface area contributed by atoms with Crippen molar-refractivity contribution in [3.63, 3.8) is 0 Å². The lowest BCUT2D eigenvalue weighted by molar-refractivity contribution is -0.141. The molecule has 2 aromatic rings. The monoisotopic (exact) mass is 316 g/mol. The van der Waals surface area contributed by atoms with E-state index in [0.717, 1.165) is 5.56 Å². The van der Waals surface area contributed by atoms with Crippen LogP contribution in [0.4, 0.5) is 0 Å². The summed E-state index contributed by atoms with van der Waals surface area (Å²) >= 11 is 1.30. The van der Waals surface area contributed by atoms with Gasteiger partial charge in [-0.15, -0.1) is 11.3 Å². The summed E-state index contributed by atoms with van der Waals surface area (Å²) in [4.78, 5) is 30.5. The lowest BCUT2D eigenvalue weighted by Gasteiger charge is -2.16. The van der Waals surface area contributed by atoms with Crippen molar-refractivity contribution in [2.45, 2.75) is 12.8 Å². The summed E-state index contributed by atoms with van der Waals surface area (Å²) in [6.45, 7) is 2.46. The molecule has 1 N–H and O–H groups in total. The molecule has 0 radical (unpaired) electrons. The summed E-state index contributed by atoms with van der Waals surface area (Å²) in [5.41, 5.74) is 3.30. The lowest BCUT2D eigenvalue weighted by Crippen LogP contribution is -2.29. The minimum absolute atomic E-state index is 0.121. The lowest BCUT2D eigenvalue weighted by atomic mass is 9.89. The van der Waals surface area contributed by atoms with Crippen LogP contribution in [0.25, 0.3) is 0 Å². The van der Waals surface area contributed by atoms with Crippen LogP contribution in [-0.2, 0) is 4.79 Å². The number of thiazole rings is 1. The topological polar surface area (TPSA) is 70.5 Å². The normalized spacial score (nSPS) is 21.0. The number of aliphatic carboxylic acids is 1. The molecule has 114 valence electrons. The molecule has 1 aliphatic rings. The number of amides is 1. The van der Waals surface area contributed by atoms with Gasteiger partial charge in [-0.25, -0.2) is 4.98 Å². The van der Waals surface area contributed by atoms with E-state index >= 15 is 0 Å². The van der Waals surface area contributed by atoms with Gasteiger partial charge in [-0.05, 0) is 12.5 Å². The second kappa shape index (κ2) is 5.88. The van der Waals surface area contributed by atoms with Gasteiger partial charge in [-0.2, -0.15) is 0 Å². The summed E-state index contributed by atoms with van der Waals surface area (Å²) in [6.07, 6.45) is 0. The van der Waals surface area contributed by atoms with Crippen molar-refractivity contribution in [3.8, 4) is 0 Å². The smallest absolute Gasteiger partial charge is 0.308 e. The Morgan fingerprint density at radius 2 is 2.00 bits per heavy atom. The Morgan fingerprint density at radius 1 is 1.27 bits per heavy atom. The molecule has 1 aromatic carbocycles. The van der Waals surface area contributed by atoms with E-state index in [2.05, 4.69) is 4.98 Å². The summed E-state index contributed by atoms with van der Waals surface area (Å²) in [5.74, 6) is -1.72. The van der Waals surface area contributed by atoms with E-state index in [1.54, 1.807) is 17.3 Å². The minimum Gasteiger partial charge on any atom is -0.481 e. The van der Waals surface area contributed by atoms with E-state index in [9.17, 15) is 14.7 Å². The number of likely N-dealkylation sites (tertiary alicyclic amines) is 1. The van der Waals surface area contributed by atoms with Crippen molar-refractivity contribution in [1.82, 2.24) is 9.88 Å². The zero-order chi connectivity index (χ0) is 15.7. The van der Waals surface area contributed by atoms with E-state index in [1.165, 1.54) is 11.3 Å². The van der Waals surface area contributed by atoms with E-state index in [1.807, 2.05) is 30.3 Å². The molecule has 0 bridgehead atoms. The first-order valence-corrected chi connectivity index (χ1v) is 7.93. The molecule has 2 heterocycles. The number of carbonyl (C=O) groups excluding carboxylic acids is 1. The summed E-state index contributed by atoms with van der Waals surface area (Å²) in [7, 11) is 0. The molecule has 1 amide bonds. The van der Waals surface area contributed by atoms with Crippen LogP contribution in [0.2, 0.25) is 0 Å². The number of carbonyl (C=O) groups is 2. The Morgan fingerprint density at radius 3 is 2.59 bits per heavy atom. The highest BCUT2D eigenvalue weighted by molar-refractivity contribution is 7.11. The van der Waals surface area contributed by atoms with Crippen LogP contribution >= 0.6 is 11.3 Å². The first kappa shape index (κ1) is 14.7. The predicted molar refractivity (Wildman–Crippen MR) is 83.1 cm³/mol. The van der Waals surface area contributed by atoms with E-state index in [0.29, 0.717) is 17.1 Å². The van der Waals surface area contributed by atoms with Gasteiger partial charge in [0.05, 0.1) is 17.1 Å². The SMILES string of the molecule is Cc1ncsc1C(=O)N1C[C@H](C(=O)O)[C@H](c2ccccc2)C1. The summed E-state index contributed by atoms with van der Waals surface area (Å²) in [5, 5.41) is 9.48. The van der Waals surface area contributed by atoms with Crippen molar-refractivity contribution >= 4 is 23.2 Å². The van der Waals surface area contributed by atoms with Gasteiger partial charge < -0.3 is 10.0 Å². The summed E-state index contributed by atoms with van der Waals surface area (Å²) in [6, 6.07) is 9.54. The molecule has 1 saturated heterocycles. The molecule has 1 fully saturated rings. The number of hydrogen-bond donors (Lipinski definition) is 1. The highest BCUT2D eigenvalue weighted by Crippen LogP contribution is 2.34. The van der Waals surface area contributed by atoms with E-state index < -0.39 is 11.9 Å². The molecule has 22 heavy (non-hydrogen) atoms. The van der Waals surface area contributed by atoms with Crippen molar-refractivity contribution in [2.75, 3.05) is 13.1 Å². The molecule has 0 saturated carbocycles. The predicted octanol–water partition coefficient (Wildman–Crippen LogP) is 2.39. The van der Waals surface area contributed by atoms with Crippen LogP contribution in [0.1, 0.15) is 26.8 Å². The fourth-order valence-electron chi connectivity index (χ4n) is 2.91. The molecule has 5 nitrogen and oxygen atoms in total. The molecule has 6 heteroatoms. The van der Waals surface area contributed by atoms with Gasteiger partial charge in [-0.3, -0.25) is 9.59 Å². The van der Waals surface area contributed by atoms with Crippen LogP contribution in [0, 0.1) is 12.8 Å². The zero-order valence-electron chi connectivity index (χ0n) is 12.1. The van der Waals surface area contributed by atoms with Gasteiger partial charge in [-0.1, -0.05) is 30.3 Å². The molecule has 1 aromatic heterocycles. The first-order chi connectivity index (χ1) is 10.6. The fourth-order valence-corrected chi connectivity index (χ4v) is 3.68. The Labute approximate surface area is 132 Å². The largest absolute Gasteiger partial charge is 0.481 e. The number of carboxylic acids is 1. The number of rotatable bonds is 3. The molecule has 3 rings (SSSR count). The third-order valence-corrected chi connectivity index (χ3v) is 5.01. The maximum atomic E-state index is 12.6. The number of hydrogen-bond acceptors (Lipinski definition) is 4. The number of benzene rings is 1. The van der Waals surface area contributed by atoms with Crippen molar-refractivity contribution in [1.29, 1.82) is 0 Å². The molecular weight excluding hydrogens is 300 g/mol. The van der Waals surface area contributed by atoms with Gasteiger partial charge in [0.1, 0.15) is 4.88 Å². The Balaban J connectivity index is 1.86. The third-order valence-electron chi connectivity index (χ3n) is 4.09. The number of nitrogens with zero attached hydrogens (tertiary/aromatic N) is 2. The van der Waals surface area contributed by atoms with E-state index in [4.69, 9.17) is 0 Å². The molecule has 0 spiro atoms. The summed E-state index contributed by atoms with van der Waals surface area (Å²) < 4.78 is 0. The third kappa shape index (κ3) is 2.62. The van der Waals surface area contributed by atoms with Crippen LogP contribution < -0.4 is 0 Å². The van der Waals surface area contributed by atoms with Gasteiger partial charge in [0.2, 0.25) is 0 Å². The van der Waals surface area contributed by atoms with Gasteiger partial charge in [0.25, 0.3) is 5.91 Å². The van der Waals surface area contributed by atoms with Gasteiger partial charge in [0.15, 0.2) is 0 Å². The maximum absolute atomic E-state index is 12.6. The Bertz CT molecular complexity index is 698. The average Bonchev–Trinajstić information content (AvgIpc) is 3.14. The standard InChI is InChI=1S/C16H16N2O3S/c1-10-14(22-9-17-10)15(19)18-7-12(13(8-18)16(20)21)11-5-3-2-4-6-11/h2-6,9,12-13H,7-8H2,1H3,(H,20,21)/t12-,13-/m0/s1. The second-order valence-corrected chi connectivity index (χ2v) is 6.29. The molecule has 1 aliphatic heterocycles. The minimum atomic E-state index is -0.856. The molecule has 0 aliphatic carbocycles. The van der Waals surface area contributed by atoms with Gasteiger partial charge >= 0.3 is 5.97 Å². The number of aryl methyl sites for hydroxylation is 1. The van der Waals surface area contributed by atoms with Crippen molar-refractivity contribution in [2.24, 2.45) is 5.92 Å². The zero-order valence-corrected chi connectivity index (χ0v) is 12.9. The van der Waals surface area contributed by atoms with Gasteiger partial charge in [0, 0.05) is 19.0 Å². The molecule has 0 unspecified atom stereocenters. The van der Waals surface area contributed by atoms with Crippen LogP contribution in [-0.4, -0.2) is 40.0 Å². The van der Waals surface area contributed by atoms with Crippen LogP contribution in [0.3, 0.4) is 0 Å². The van der Waals surface area contributed by atoms with Crippen LogP contribution in [0.15, 0.2) is 35.8 Å². The highest BCUT2D eigenvalue weighted by Gasteiger charge is 2.41. The molecule has 2 atom stereocenters. The fraction of sp³-hybridized carbons (Fsp3) is 0.312. The Hall–Kier alpha value is -2.21.